The number of hydrogen-bond acceptors (Lipinski definition) is 2. The summed E-state index contributed by atoms with van der Waals surface area (Å²) >= 11 is 5.97. The summed E-state index contributed by atoms with van der Waals surface area (Å²) in [6, 6.07) is 5.35. The van der Waals surface area contributed by atoms with Crippen molar-refractivity contribution in [3.63, 3.8) is 0 Å². The second kappa shape index (κ2) is 5.72. The van der Waals surface area contributed by atoms with E-state index in [-0.39, 0.29) is 11.6 Å². The molecule has 2 aromatic rings. The summed E-state index contributed by atoms with van der Waals surface area (Å²) in [5.41, 5.74) is 0.649. The van der Waals surface area contributed by atoms with Crippen molar-refractivity contribution in [2.45, 2.75) is 26.3 Å². The van der Waals surface area contributed by atoms with Gasteiger partial charge in [-0.1, -0.05) is 18.5 Å². The third-order valence-electron chi connectivity index (χ3n) is 3.29. The van der Waals surface area contributed by atoms with E-state index < -0.39 is 0 Å². The molecule has 0 radical (unpaired) electrons. The van der Waals surface area contributed by atoms with Crippen LogP contribution in [0, 0.1) is 0 Å². The first-order chi connectivity index (χ1) is 9.04. The Hall–Kier alpha value is -1.39. The van der Waals surface area contributed by atoms with Crippen LogP contribution in [0.25, 0.3) is 10.9 Å². The molecule has 0 aliphatic carbocycles. The van der Waals surface area contributed by atoms with Crippen LogP contribution in [0.5, 0.6) is 0 Å². The van der Waals surface area contributed by atoms with Crippen LogP contribution in [0.1, 0.15) is 32.1 Å². The highest BCUT2D eigenvalue weighted by Crippen LogP contribution is 2.16. The van der Waals surface area contributed by atoms with Gasteiger partial charge in [0.1, 0.15) is 6.04 Å². The summed E-state index contributed by atoms with van der Waals surface area (Å²) in [5, 5.41) is 3.40. The number of benzene rings is 1. The number of fused-ring (bicyclic) bond motifs is 1. The van der Waals surface area contributed by atoms with Crippen LogP contribution in [0.15, 0.2) is 23.0 Å². The van der Waals surface area contributed by atoms with Gasteiger partial charge in [0.2, 0.25) is 0 Å². The highest BCUT2D eigenvalue weighted by atomic mass is 35.5. The van der Waals surface area contributed by atoms with E-state index in [2.05, 4.69) is 24.1 Å². The average molecular weight is 281 g/mol. The van der Waals surface area contributed by atoms with E-state index in [0.29, 0.717) is 15.9 Å². The third-order valence-corrected chi connectivity index (χ3v) is 3.52. The largest absolute Gasteiger partial charge is 0.338 e. The van der Waals surface area contributed by atoms with Crippen LogP contribution in [-0.2, 0) is 7.05 Å². The Morgan fingerprint density at radius 2 is 2.21 bits per heavy atom. The minimum absolute atomic E-state index is 0.0200. The van der Waals surface area contributed by atoms with Gasteiger partial charge < -0.3 is 5.32 Å². The first-order valence-corrected chi connectivity index (χ1v) is 6.92. The van der Waals surface area contributed by atoms with Gasteiger partial charge in [0.05, 0.1) is 17.4 Å². The molecule has 0 amide bonds. The Kier molecular flexibility index (Phi) is 4.22. The number of aromatic nitrogens is 2. The predicted octanol–water partition coefficient (Wildman–Crippen LogP) is 1.62. The molecule has 0 fully saturated rings. The van der Waals surface area contributed by atoms with Crippen molar-refractivity contribution >= 4 is 22.5 Å². The Morgan fingerprint density at radius 1 is 1.47 bits per heavy atom. The fourth-order valence-electron chi connectivity index (χ4n) is 2.19. The monoisotopic (exact) mass is 280 g/mol. The molecule has 4 nitrogen and oxygen atoms in total. The maximum atomic E-state index is 12.3. The van der Waals surface area contributed by atoms with Crippen LogP contribution in [-0.4, -0.2) is 16.1 Å². The Labute approximate surface area is 117 Å². The minimum Gasteiger partial charge on any atom is -0.338 e. The zero-order valence-corrected chi connectivity index (χ0v) is 12.2. The lowest BCUT2D eigenvalue weighted by molar-refractivity contribution is -0.694. The summed E-state index contributed by atoms with van der Waals surface area (Å²) in [6.07, 6.45) is 1.09. The molecule has 19 heavy (non-hydrogen) atoms. The topological polar surface area (TPSA) is 51.5 Å². The second-order valence-electron chi connectivity index (χ2n) is 4.81. The number of nitrogens with zero attached hydrogens (tertiary/aromatic N) is 2. The normalized spacial score (nSPS) is 12.8. The first-order valence-electron chi connectivity index (χ1n) is 6.54. The van der Waals surface area contributed by atoms with E-state index in [0.717, 1.165) is 18.8 Å². The molecule has 2 N–H and O–H groups in total. The van der Waals surface area contributed by atoms with Gasteiger partial charge in [-0.05, 0) is 31.5 Å². The van der Waals surface area contributed by atoms with Crippen molar-refractivity contribution in [2.24, 2.45) is 7.05 Å². The average Bonchev–Trinajstić information content (AvgIpc) is 2.39. The van der Waals surface area contributed by atoms with Gasteiger partial charge in [-0.3, -0.25) is 9.36 Å². The maximum absolute atomic E-state index is 12.3. The fraction of sp³-hybridized carbons (Fsp3) is 0.429. The van der Waals surface area contributed by atoms with Crippen LogP contribution < -0.4 is 10.9 Å². The van der Waals surface area contributed by atoms with Gasteiger partial charge in [-0.2, -0.15) is 0 Å². The molecule has 1 atom stereocenters. The van der Waals surface area contributed by atoms with E-state index in [1.165, 1.54) is 0 Å². The fourth-order valence-corrected chi connectivity index (χ4v) is 2.36. The second-order valence-corrected chi connectivity index (χ2v) is 5.25. The molecule has 0 saturated heterocycles. The molecule has 1 aromatic carbocycles. The maximum Gasteiger partial charge on any atom is 0.261 e. The van der Waals surface area contributed by atoms with Gasteiger partial charge in [-0.15, -0.1) is 0 Å². The van der Waals surface area contributed by atoms with Crippen LogP contribution >= 0.6 is 11.6 Å². The summed E-state index contributed by atoms with van der Waals surface area (Å²) in [7, 11) is 1.77. The standard InChI is InChI=1S/C14H18ClN3O/c1-4-7-16-9(2)13-17-12-8-10(15)5-6-11(12)14(19)18(13)3/h5-6,8-9,16H,4,7H2,1-3H3/p+1/t9-/m1/s1. The van der Waals surface area contributed by atoms with Gasteiger partial charge >= 0.3 is 0 Å². The van der Waals surface area contributed by atoms with Crippen LogP contribution in [0.3, 0.4) is 0 Å². The summed E-state index contributed by atoms with van der Waals surface area (Å²) < 4.78 is 1.63. The highest BCUT2D eigenvalue weighted by Gasteiger charge is 2.16. The van der Waals surface area contributed by atoms with E-state index in [9.17, 15) is 4.79 Å². The van der Waals surface area contributed by atoms with Gasteiger partial charge in [0.15, 0.2) is 5.82 Å². The number of nitrogens with two attached hydrogens (primary N) is 1. The van der Waals surface area contributed by atoms with Crippen molar-refractivity contribution in [2.75, 3.05) is 6.54 Å². The lowest BCUT2D eigenvalue weighted by Crippen LogP contribution is -2.85. The molecule has 0 aliphatic heterocycles. The number of quaternary nitrogens is 1. The molecule has 102 valence electrons. The molecule has 0 unspecified atom stereocenters. The lowest BCUT2D eigenvalue weighted by Gasteiger charge is -2.14. The molecule has 0 aliphatic rings. The Morgan fingerprint density at radius 3 is 2.89 bits per heavy atom. The summed E-state index contributed by atoms with van der Waals surface area (Å²) in [4.78, 5) is 16.9. The van der Waals surface area contributed by atoms with E-state index >= 15 is 0 Å². The summed E-state index contributed by atoms with van der Waals surface area (Å²) in [5.74, 6) is 0.785. The molecular formula is C14H19ClN3O+. The molecular weight excluding hydrogens is 262 g/mol. The van der Waals surface area contributed by atoms with E-state index in [1.54, 1.807) is 29.8 Å². The number of hydrogen-bond donors (Lipinski definition) is 1. The zero-order valence-electron chi connectivity index (χ0n) is 11.5. The molecule has 0 saturated carbocycles. The molecule has 2 rings (SSSR count). The van der Waals surface area contributed by atoms with Crippen molar-refractivity contribution < 1.29 is 5.32 Å². The SMILES string of the molecule is CCC[NH2+][C@H](C)c1nc2cc(Cl)ccc2c(=O)n1C. The van der Waals surface area contributed by atoms with Crippen molar-refractivity contribution in [3.05, 3.63) is 39.4 Å². The third kappa shape index (κ3) is 2.80. The van der Waals surface area contributed by atoms with Crippen LogP contribution in [0.4, 0.5) is 0 Å². The number of halogens is 1. The van der Waals surface area contributed by atoms with Gasteiger partial charge in [-0.25, -0.2) is 4.98 Å². The molecule has 0 spiro atoms. The quantitative estimate of drug-likeness (QED) is 0.925. The molecule has 1 aromatic heterocycles. The lowest BCUT2D eigenvalue weighted by atomic mass is 10.2. The van der Waals surface area contributed by atoms with Crippen molar-refractivity contribution in [1.82, 2.24) is 9.55 Å². The smallest absolute Gasteiger partial charge is 0.261 e. The predicted molar refractivity (Wildman–Crippen MR) is 77.5 cm³/mol. The molecule has 5 heteroatoms. The Balaban J connectivity index is 2.56. The molecule has 0 bridgehead atoms. The summed E-state index contributed by atoms with van der Waals surface area (Å²) in [6.45, 7) is 5.22. The van der Waals surface area contributed by atoms with E-state index in [4.69, 9.17) is 11.6 Å². The highest BCUT2D eigenvalue weighted by molar-refractivity contribution is 6.31. The Bertz CT molecular complexity index is 651. The number of rotatable bonds is 4. The first kappa shape index (κ1) is 14.0. The van der Waals surface area contributed by atoms with Gasteiger partial charge in [0.25, 0.3) is 5.56 Å². The van der Waals surface area contributed by atoms with Crippen molar-refractivity contribution in [3.8, 4) is 0 Å². The van der Waals surface area contributed by atoms with Gasteiger partial charge in [0, 0.05) is 12.1 Å². The van der Waals surface area contributed by atoms with E-state index in [1.807, 2.05) is 0 Å². The zero-order chi connectivity index (χ0) is 14.0. The molecule has 1 heterocycles. The van der Waals surface area contributed by atoms with Crippen LogP contribution in [0.2, 0.25) is 5.02 Å². The minimum atomic E-state index is -0.0200. The van der Waals surface area contributed by atoms with Crippen molar-refractivity contribution in [1.29, 1.82) is 0 Å².